The van der Waals surface area contributed by atoms with Crippen LogP contribution in [-0.2, 0) is 22.3 Å². The zero-order valence-electron chi connectivity index (χ0n) is 11.8. The maximum absolute atomic E-state index is 13.0. The first kappa shape index (κ1) is 15.8. The number of hydrogen-bond acceptors (Lipinski definition) is 3. The lowest BCUT2D eigenvalue weighted by Crippen LogP contribution is -2.39. The minimum absolute atomic E-state index is 0.198. The molecule has 0 saturated carbocycles. The van der Waals surface area contributed by atoms with Crippen LogP contribution in [0.5, 0.6) is 0 Å². The standard InChI is InChI=1S/C15H18F3NO2/c1-21-14(20)12-6-4-8-19(10-12)9-11-5-2-3-7-13(11)15(16,17)18/h2-3,5,7,12H,4,6,8-10H2,1H3/t12-/m0/s1. The molecule has 1 aromatic rings. The molecule has 1 heterocycles. The Hall–Kier alpha value is -1.56. The Morgan fingerprint density at radius 2 is 2.10 bits per heavy atom. The molecule has 1 aromatic carbocycles. The van der Waals surface area contributed by atoms with Gasteiger partial charge in [0.1, 0.15) is 0 Å². The molecule has 0 bridgehead atoms. The van der Waals surface area contributed by atoms with Crippen LogP contribution >= 0.6 is 0 Å². The molecule has 1 saturated heterocycles. The van der Waals surface area contributed by atoms with Crippen LogP contribution in [0.2, 0.25) is 0 Å². The van der Waals surface area contributed by atoms with Crippen LogP contribution in [0, 0.1) is 5.92 Å². The molecule has 0 spiro atoms. The van der Waals surface area contributed by atoms with E-state index in [9.17, 15) is 18.0 Å². The molecule has 21 heavy (non-hydrogen) atoms. The molecular weight excluding hydrogens is 283 g/mol. The topological polar surface area (TPSA) is 29.5 Å². The fourth-order valence-electron chi connectivity index (χ4n) is 2.73. The molecular formula is C15H18F3NO2. The van der Waals surface area contributed by atoms with E-state index in [4.69, 9.17) is 4.74 Å². The van der Waals surface area contributed by atoms with Gasteiger partial charge in [-0.25, -0.2) is 0 Å². The molecule has 1 aliphatic rings. The highest BCUT2D eigenvalue weighted by atomic mass is 19.4. The Kier molecular flexibility index (Phi) is 4.88. The van der Waals surface area contributed by atoms with Gasteiger partial charge in [-0.1, -0.05) is 18.2 Å². The maximum atomic E-state index is 13.0. The summed E-state index contributed by atoms with van der Waals surface area (Å²) in [7, 11) is 1.33. The molecule has 0 amide bonds. The van der Waals surface area contributed by atoms with Crippen LogP contribution in [0.3, 0.4) is 0 Å². The summed E-state index contributed by atoms with van der Waals surface area (Å²) >= 11 is 0. The summed E-state index contributed by atoms with van der Waals surface area (Å²) in [5.41, 5.74) is -0.360. The van der Waals surface area contributed by atoms with E-state index in [1.807, 2.05) is 4.90 Å². The summed E-state index contributed by atoms with van der Waals surface area (Å²) in [4.78, 5) is 13.4. The number of carbonyl (C=O) groups is 1. The number of methoxy groups -OCH3 is 1. The molecule has 0 unspecified atom stereocenters. The molecule has 0 N–H and O–H groups in total. The van der Waals surface area contributed by atoms with Crippen molar-refractivity contribution in [3.63, 3.8) is 0 Å². The van der Waals surface area contributed by atoms with Gasteiger partial charge in [0.25, 0.3) is 0 Å². The second-order valence-electron chi connectivity index (χ2n) is 5.25. The fraction of sp³-hybridized carbons (Fsp3) is 0.533. The zero-order chi connectivity index (χ0) is 15.5. The minimum Gasteiger partial charge on any atom is -0.469 e. The molecule has 0 aliphatic carbocycles. The average Bonchev–Trinajstić information content (AvgIpc) is 2.46. The first-order chi connectivity index (χ1) is 9.91. The predicted molar refractivity (Wildman–Crippen MR) is 71.5 cm³/mol. The summed E-state index contributed by atoms with van der Waals surface area (Å²) in [6.07, 6.45) is -2.84. The molecule has 3 nitrogen and oxygen atoms in total. The second kappa shape index (κ2) is 6.47. The zero-order valence-corrected chi connectivity index (χ0v) is 11.8. The minimum atomic E-state index is -4.35. The number of carbonyl (C=O) groups excluding carboxylic acids is 1. The van der Waals surface area contributed by atoms with Crippen molar-refractivity contribution in [3.05, 3.63) is 35.4 Å². The van der Waals surface area contributed by atoms with Gasteiger partial charge in [0.2, 0.25) is 0 Å². The third-order valence-corrected chi connectivity index (χ3v) is 3.76. The Morgan fingerprint density at radius 1 is 1.38 bits per heavy atom. The van der Waals surface area contributed by atoms with Crippen molar-refractivity contribution in [2.45, 2.75) is 25.6 Å². The summed E-state index contributed by atoms with van der Waals surface area (Å²) in [6, 6.07) is 5.58. The molecule has 0 radical (unpaired) electrons. The second-order valence-corrected chi connectivity index (χ2v) is 5.25. The van der Waals surface area contributed by atoms with E-state index in [-0.39, 0.29) is 24.0 Å². The van der Waals surface area contributed by atoms with Gasteiger partial charge in [-0.15, -0.1) is 0 Å². The monoisotopic (exact) mass is 301 g/mol. The van der Waals surface area contributed by atoms with Gasteiger partial charge in [-0.05, 0) is 31.0 Å². The van der Waals surface area contributed by atoms with Gasteiger partial charge in [0.15, 0.2) is 0 Å². The van der Waals surface area contributed by atoms with Crippen molar-refractivity contribution in [1.29, 1.82) is 0 Å². The molecule has 1 aliphatic heterocycles. The smallest absolute Gasteiger partial charge is 0.416 e. The quantitative estimate of drug-likeness (QED) is 0.804. The first-order valence-electron chi connectivity index (χ1n) is 6.87. The number of benzene rings is 1. The Balaban J connectivity index is 2.10. The van der Waals surface area contributed by atoms with E-state index in [0.29, 0.717) is 13.1 Å². The van der Waals surface area contributed by atoms with Gasteiger partial charge in [0, 0.05) is 13.1 Å². The van der Waals surface area contributed by atoms with E-state index < -0.39 is 11.7 Å². The average molecular weight is 301 g/mol. The lowest BCUT2D eigenvalue weighted by atomic mass is 9.97. The summed E-state index contributed by atoms with van der Waals surface area (Å²) in [5, 5.41) is 0. The van der Waals surface area contributed by atoms with Gasteiger partial charge in [0.05, 0.1) is 18.6 Å². The van der Waals surface area contributed by atoms with Crippen molar-refractivity contribution in [2.75, 3.05) is 20.2 Å². The lowest BCUT2D eigenvalue weighted by Gasteiger charge is -2.31. The first-order valence-corrected chi connectivity index (χ1v) is 6.87. The number of ether oxygens (including phenoxy) is 1. The highest BCUT2D eigenvalue weighted by Crippen LogP contribution is 2.33. The number of likely N-dealkylation sites (tertiary alicyclic amines) is 1. The van der Waals surface area contributed by atoms with Crippen molar-refractivity contribution in [1.82, 2.24) is 4.90 Å². The summed E-state index contributed by atoms with van der Waals surface area (Å²) in [5.74, 6) is -0.536. The molecule has 1 atom stereocenters. The van der Waals surface area contributed by atoms with E-state index in [1.54, 1.807) is 6.07 Å². The lowest BCUT2D eigenvalue weighted by molar-refractivity contribution is -0.147. The summed E-state index contributed by atoms with van der Waals surface area (Å²) < 4.78 is 43.6. The molecule has 1 fully saturated rings. The number of hydrogen-bond donors (Lipinski definition) is 0. The number of piperidine rings is 1. The summed E-state index contributed by atoms with van der Waals surface area (Å²) in [6.45, 7) is 1.34. The number of esters is 1. The van der Waals surface area contributed by atoms with Gasteiger partial charge in [-0.2, -0.15) is 13.2 Å². The van der Waals surface area contributed by atoms with Crippen LogP contribution in [-0.4, -0.2) is 31.1 Å². The number of rotatable bonds is 3. The van der Waals surface area contributed by atoms with Crippen LogP contribution in [0.4, 0.5) is 13.2 Å². The SMILES string of the molecule is COC(=O)[C@H]1CCCN(Cc2ccccc2C(F)(F)F)C1. The number of alkyl halides is 3. The molecule has 6 heteroatoms. The Morgan fingerprint density at radius 3 is 2.76 bits per heavy atom. The predicted octanol–water partition coefficient (Wildman–Crippen LogP) is 3.09. The van der Waals surface area contributed by atoms with Crippen LogP contribution in [0.15, 0.2) is 24.3 Å². The third-order valence-electron chi connectivity index (χ3n) is 3.76. The number of nitrogens with zero attached hydrogens (tertiary/aromatic N) is 1. The van der Waals surface area contributed by atoms with E-state index >= 15 is 0 Å². The molecule has 2 rings (SSSR count). The van der Waals surface area contributed by atoms with Crippen LogP contribution in [0.1, 0.15) is 24.0 Å². The van der Waals surface area contributed by atoms with Crippen LogP contribution < -0.4 is 0 Å². The van der Waals surface area contributed by atoms with E-state index in [0.717, 1.165) is 18.9 Å². The van der Waals surface area contributed by atoms with E-state index in [2.05, 4.69) is 0 Å². The van der Waals surface area contributed by atoms with Gasteiger partial charge >= 0.3 is 12.1 Å². The maximum Gasteiger partial charge on any atom is 0.416 e. The Bertz CT molecular complexity index is 502. The van der Waals surface area contributed by atoms with E-state index in [1.165, 1.54) is 19.2 Å². The highest BCUT2D eigenvalue weighted by molar-refractivity contribution is 5.72. The third kappa shape index (κ3) is 3.97. The van der Waals surface area contributed by atoms with Crippen molar-refractivity contribution < 1.29 is 22.7 Å². The molecule has 116 valence electrons. The molecule has 0 aromatic heterocycles. The largest absolute Gasteiger partial charge is 0.469 e. The highest BCUT2D eigenvalue weighted by Gasteiger charge is 2.34. The van der Waals surface area contributed by atoms with Gasteiger partial charge < -0.3 is 4.74 Å². The Labute approximate surface area is 121 Å². The van der Waals surface area contributed by atoms with Crippen LogP contribution in [0.25, 0.3) is 0 Å². The van der Waals surface area contributed by atoms with Crippen molar-refractivity contribution in [3.8, 4) is 0 Å². The van der Waals surface area contributed by atoms with Crippen molar-refractivity contribution in [2.24, 2.45) is 5.92 Å². The normalized spacial score (nSPS) is 20.3. The van der Waals surface area contributed by atoms with Gasteiger partial charge in [-0.3, -0.25) is 9.69 Å². The van der Waals surface area contributed by atoms with Crippen molar-refractivity contribution >= 4 is 5.97 Å². The number of halogens is 3. The fourth-order valence-corrected chi connectivity index (χ4v) is 2.73.